The minimum absolute atomic E-state index is 0.0747. The predicted octanol–water partition coefficient (Wildman–Crippen LogP) is 4.14. The van der Waals surface area contributed by atoms with E-state index in [0.29, 0.717) is 11.4 Å². The number of aromatic nitrogens is 5. The maximum atomic E-state index is 13.8. The van der Waals surface area contributed by atoms with Crippen LogP contribution in [0.5, 0.6) is 0 Å². The zero-order valence-corrected chi connectivity index (χ0v) is 13.3. The van der Waals surface area contributed by atoms with Crippen LogP contribution < -0.4 is 0 Å². The molecule has 5 nitrogen and oxygen atoms in total. The lowest BCUT2D eigenvalue weighted by atomic mass is 10.2. The monoisotopic (exact) mass is 355 g/mol. The average molecular weight is 355 g/mol. The van der Waals surface area contributed by atoms with Gasteiger partial charge < -0.3 is 0 Å². The Labute approximate surface area is 146 Å². The van der Waals surface area contributed by atoms with Gasteiger partial charge in [0.2, 0.25) is 0 Å². The highest BCUT2D eigenvalue weighted by Crippen LogP contribution is 2.38. The molecule has 2 aromatic heterocycles. The van der Waals surface area contributed by atoms with Gasteiger partial charge in [0.05, 0.1) is 17.4 Å². The van der Waals surface area contributed by atoms with Gasteiger partial charge in [-0.15, -0.1) is 10.2 Å². The Balaban J connectivity index is 1.93. The van der Waals surface area contributed by atoms with Crippen molar-refractivity contribution >= 4 is 0 Å². The van der Waals surface area contributed by atoms with E-state index in [1.807, 2.05) is 6.07 Å². The van der Waals surface area contributed by atoms with Crippen LogP contribution >= 0.6 is 0 Å². The summed E-state index contributed by atoms with van der Waals surface area (Å²) in [7, 11) is 0. The molecule has 130 valence electrons. The van der Waals surface area contributed by atoms with Crippen LogP contribution in [0.25, 0.3) is 22.8 Å². The first-order valence-corrected chi connectivity index (χ1v) is 7.72. The Hall–Kier alpha value is -3.42. The fraction of sp³-hybridized carbons (Fsp3) is 0.0556. The fourth-order valence-corrected chi connectivity index (χ4v) is 2.75. The Morgan fingerprint density at radius 3 is 2.04 bits per heavy atom. The first-order chi connectivity index (χ1) is 12.6. The summed E-state index contributed by atoms with van der Waals surface area (Å²) in [5, 5.41) is 11.7. The predicted molar refractivity (Wildman–Crippen MR) is 88.9 cm³/mol. The van der Waals surface area contributed by atoms with Crippen molar-refractivity contribution in [2.45, 2.75) is 6.18 Å². The van der Waals surface area contributed by atoms with Gasteiger partial charge in [-0.1, -0.05) is 36.4 Å². The minimum atomic E-state index is -4.62. The molecule has 0 spiro atoms. The number of nitrogens with zero attached hydrogens (tertiary/aromatic N) is 5. The van der Waals surface area contributed by atoms with Gasteiger partial charge in [-0.25, -0.2) is 4.68 Å². The minimum Gasteiger partial charge on any atom is -0.282 e. The third kappa shape index (κ3) is 2.75. The van der Waals surface area contributed by atoms with E-state index in [9.17, 15) is 13.2 Å². The summed E-state index contributed by atoms with van der Waals surface area (Å²) in [5.74, 6) is 0.0747. The van der Waals surface area contributed by atoms with Crippen LogP contribution in [0.4, 0.5) is 13.2 Å². The fourth-order valence-electron chi connectivity index (χ4n) is 2.75. The van der Waals surface area contributed by atoms with Crippen molar-refractivity contribution in [2.75, 3.05) is 0 Å². The van der Waals surface area contributed by atoms with E-state index >= 15 is 0 Å². The van der Waals surface area contributed by atoms with Gasteiger partial charge in [-0.3, -0.25) is 4.57 Å². The molecule has 0 aliphatic heterocycles. The highest BCUT2D eigenvalue weighted by Gasteiger charge is 2.40. The van der Waals surface area contributed by atoms with Crippen molar-refractivity contribution in [1.82, 2.24) is 24.5 Å². The molecule has 0 aliphatic carbocycles. The van der Waals surface area contributed by atoms with Crippen molar-refractivity contribution in [3.63, 3.8) is 0 Å². The molecule has 0 amide bonds. The second-order valence-electron chi connectivity index (χ2n) is 5.51. The topological polar surface area (TPSA) is 48.5 Å². The zero-order chi connectivity index (χ0) is 18.1. The third-order valence-corrected chi connectivity index (χ3v) is 3.86. The summed E-state index contributed by atoms with van der Waals surface area (Å²) in [5.41, 5.74) is -0.0541. The summed E-state index contributed by atoms with van der Waals surface area (Å²) in [6.45, 7) is 0. The van der Waals surface area contributed by atoms with Crippen LogP contribution in [0.1, 0.15) is 5.69 Å². The lowest BCUT2D eigenvalue weighted by Gasteiger charge is -2.13. The third-order valence-electron chi connectivity index (χ3n) is 3.86. The zero-order valence-electron chi connectivity index (χ0n) is 13.3. The van der Waals surface area contributed by atoms with E-state index in [2.05, 4.69) is 15.3 Å². The molecule has 4 rings (SSSR count). The van der Waals surface area contributed by atoms with Crippen LogP contribution in [0, 0.1) is 0 Å². The number of para-hydroxylation sites is 2. The van der Waals surface area contributed by atoms with Crippen molar-refractivity contribution in [2.24, 2.45) is 0 Å². The van der Waals surface area contributed by atoms with E-state index in [1.165, 1.54) is 17.1 Å². The summed E-state index contributed by atoms with van der Waals surface area (Å²) in [4.78, 5) is 0. The molecule has 0 aliphatic rings. The highest BCUT2D eigenvalue weighted by molar-refractivity contribution is 5.62. The van der Waals surface area contributed by atoms with Crippen molar-refractivity contribution in [1.29, 1.82) is 0 Å². The van der Waals surface area contributed by atoms with Gasteiger partial charge in [-0.05, 0) is 24.3 Å². The Morgan fingerprint density at radius 2 is 1.42 bits per heavy atom. The number of hydrogen-bond donors (Lipinski definition) is 0. The maximum Gasteiger partial charge on any atom is 0.434 e. The molecule has 0 bridgehead atoms. The Kier molecular flexibility index (Phi) is 3.80. The smallest absolute Gasteiger partial charge is 0.282 e. The number of hydrogen-bond acceptors (Lipinski definition) is 3. The summed E-state index contributed by atoms with van der Waals surface area (Å²) in [6.07, 6.45) is -2.07. The van der Waals surface area contributed by atoms with Crippen LogP contribution in [0.3, 0.4) is 0 Å². The number of benzene rings is 2. The second kappa shape index (κ2) is 6.14. The van der Waals surface area contributed by atoms with E-state index < -0.39 is 11.9 Å². The van der Waals surface area contributed by atoms with Gasteiger partial charge in [0, 0.05) is 5.69 Å². The molecule has 2 heterocycles. The normalized spacial score (nSPS) is 11.7. The van der Waals surface area contributed by atoms with Crippen LogP contribution in [0.2, 0.25) is 0 Å². The van der Waals surface area contributed by atoms with E-state index in [1.54, 1.807) is 54.6 Å². The molecule has 0 saturated heterocycles. The summed E-state index contributed by atoms with van der Waals surface area (Å²) < 4.78 is 43.9. The molecule has 0 saturated carbocycles. The van der Waals surface area contributed by atoms with Crippen molar-refractivity contribution < 1.29 is 13.2 Å². The molecule has 26 heavy (non-hydrogen) atoms. The van der Waals surface area contributed by atoms with E-state index in [4.69, 9.17) is 0 Å². The van der Waals surface area contributed by atoms with E-state index in [-0.39, 0.29) is 11.4 Å². The summed E-state index contributed by atoms with van der Waals surface area (Å²) >= 11 is 0. The molecule has 0 unspecified atom stereocenters. The molecule has 0 radical (unpaired) electrons. The Bertz CT molecular complexity index is 1020. The lowest BCUT2D eigenvalue weighted by Crippen LogP contribution is -2.15. The molecule has 0 atom stereocenters. The molecule has 0 N–H and O–H groups in total. The Morgan fingerprint density at radius 1 is 0.808 bits per heavy atom. The quantitative estimate of drug-likeness (QED) is 0.555. The van der Waals surface area contributed by atoms with Gasteiger partial charge in [-0.2, -0.15) is 18.3 Å². The number of halogens is 3. The van der Waals surface area contributed by atoms with Gasteiger partial charge in [0.1, 0.15) is 6.33 Å². The van der Waals surface area contributed by atoms with Gasteiger partial charge >= 0.3 is 6.18 Å². The first kappa shape index (κ1) is 16.1. The molecular weight excluding hydrogens is 343 g/mol. The maximum absolute atomic E-state index is 13.8. The SMILES string of the molecule is FC(F)(F)c1c(-c2nncn2-c2ccccc2)cnn1-c1ccccc1. The van der Waals surface area contributed by atoms with Crippen molar-refractivity contribution in [3.05, 3.63) is 78.9 Å². The number of alkyl halides is 3. The summed E-state index contributed by atoms with van der Waals surface area (Å²) in [6, 6.07) is 17.1. The molecule has 4 aromatic rings. The van der Waals surface area contributed by atoms with Gasteiger partial charge in [0.15, 0.2) is 11.5 Å². The number of rotatable bonds is 3. The lowest BCUT2D eigenvalue weighted by molar-refractivity contribution is -0.142. The molecule has 2 aromatic carbocycles. The van der Waals surface area contributed by atoms with Gasteiger partial charge in [0.25, 0.3) is 0 Å². The standard InChI is InChI=1S/C18H12F3N5/c19-18(20,21)16-15(11-23-26(16)14-9-5-2-6-10-14)17-24-22-12-25(17)13-7-3-1-4-8-13/h1-12H. The van der Waals surface area contributed by atoms with Crippen LogP contribution in [-0.4, -0.2) is 24.5 Å². The largest absolute Gasteiger partial charge is 0.434 e. The molecular formula is C18H12F3N5. The second-order valence-corrected chi connectivity index (χ2v) is 5.51. The molecule has 8 heteroatoms. The average Bonchev–Trinajstić information content (AvgIpc) is 3.29. The van der Waals surface area contributed by atoms with Crippen molar-refractivity contribution in [3.8, 4) is 22.8 Å². The molecule has 0 fully saturated rings. The van der Waals surface area contributed by atoms with Crippen LogP contribution in [-0.2, 0) is 6.18 Å². The first-order valence-electron chi connectivity index (χ1n) is 7.72. The van der Waals surface area contributed by atoms with E-state index in [0.717, 1.165) is 4.68 Å². The highest BCUT2D eigenvalue weighted by atomic mass is 19.4. The van der Waals surface area contributed by atoms with Crippen LogP contribution in [0.15, 0.2) is 73.2 Å².